The van der Waals surface area contributed by atoms with Crippen LogP contribution in [0, 0.1) is 0 Å². The smallest absolute Gasteiger partial charge is 0.302 e. The van der Waals surface area contributed by atoms with Gasteiger partial charge in [-0.2, -0.15) is 0 Å². The lowest BCUT2D eigenvalue weighted by Crippen LogP contribution is -2.12. The first-order chi connectivity index (χ1) is 6.06. The van der Waals surface area contributed by atoms with Crippen molar-refractivity contribution >= 4 is 11.7 Å². The molecule has 0 heterocycles. The van der Waals surface area contributed by atoms with Gasteiger partial charge in [-0.05, 0) is 33.1 Å². The summed E-state index contributed by atoms with van der Waals surface area (Å²) < 4.78 is 4.92. The minimum atomic E-state index is -0.250. The summed E-state index contributed by atoms with van der Waals surface area (Å²) in [6.45, 7) is 5.01. The second-order valence-electron chi connectivity index (χ2n) is 3.15. The maximum atomic E-state index is 10.5. The number of ether oxygens (including phenoxy) is 1. The number of nitrogens with zero attached hydrogens (tertiary/aromatic N) is 1. The topological polar surface area (TPSA) is 58.9 Å². The molecule has 0 saturated carbocycles. The lowest BCUT2D eigenvalue weighted by Gasteiger charge is -2.10. The van der Waals surface area contributed by atoms with E-state index < -0.39 is 0 Å². The molecule has 1 atom stereocenters. The minimum Gasteiger partial charge on any atom is -0.463 e. The Morgan fingerprint density at radius 1 is 1.54 bits per heavy atom. The van der Waals surface area contributed by atoms with Gasteiger partial charge in [-0.1, -0.05) is 5.16 Å². The molecule has 0 fully saturated rings. The van der Waals surface area contributed by atoms with Crippen LogP contribution in [0.1, 0.15) is 40.0 Å². The van der Waals surface area contributed by atoms with Crippen molar-refractivity contribution in [1.82, 2.24) is 0 Å². The van der Waals surface area contributed by atoms with Gasteiger partial charge in [0.25, 0.3) is 0 Å². The van der Waals surface area contributed by atoms with Gasteiger partial charge in [0, 0.05) is 6.92 Å². The van der Waals surface area contributed by atoms with Crippen LogP contribution in [0.3, 0.4) is 0 Å². The monoisotopic (exact) mass is 187 g/mol. The maximum Gasteiger partial charge on any atom is 0.302 e. The molecule has 0 radical (unpaired) electrons. The van der Waals surface area contributed by atoms with Gasteiger partial charge in [0.15, 0.2) is 0 Å². The normalized spacial score (nSPS) is 13.9. The molecule has 0 aliphatic rings. The van der Waals surface area contributed by atoms with Crippen molar-refractivity contribution in [1.29, 1.82) is 0 Å². The van der Waals surface area contributed by atoms with E-state index in [0.717, 1.165) is 19.3 Å². The molecule has 4 heteroatoms. The molecule has 0 saturated heterocycles. The molecule has 1 unspecified atom stereocenters. The number of oxime groups is 1. The van der Waals surface area contributed by atoms with E-state index in [9.17, 15) is 4.79 Å². The lowest BCUT2D eigenvalue weighted by molar-refractivity contribution is -0.145. The summed E-state index contributed by atoms with van der Waals surface area (Å²) in [5, 5.41) is 11.4. The molecule has 0 aromatic carbocycles. The highest BCUT2D eigenvalue weighted by Gasteiger charge is 2.04. The number of carbonyl (C=O) groups excluding carboxylic acids is 1. The van der Waals surface area contributed by atoms with Crippen LogP contribution in [-0.4, -0.2) is 23.0 Å². The van der Waals surface area contributed by atoms with E-state index in [0.29, 0.717) is 5.71 Å². The molecule has 0 aromatic rings. The Morgan fingerprint density at radius 3 is 2.62 bits per heavy atom. The number of carbonyl (C=O) groups is 1. The second-order valence-corrected chi connectivity index (χ2v) is 3.15. The van der Waals surface area contributed by atoms with E-state index >= 15 is 0 Å². The fraction of sp³-hybridized carbons (Fsp3) is 0.778. The van der Waals surface area contributed by atoms with Crippen LogP contribution < -0.4 is 0 Å². The summed E-state index contributed by atoms with van der Waals surface area (Å²) in [5.74, 6) is -0.250. The van der Waals surface area contributed by atoms with Crippen LogP contribution >= 0.6 is 0 Å². The molecule has 13 heavy (non-hydrogen) atoms. The van der Waals surface area contributed by atoms with Gasteiger partial charge < -0.3 is 9.94 Å². The second kappa shape index (κ2) is 6.46. The average molecular weight is 187 g/mol. The summed E-state index contributed by atoms with van der Waals surface area (Å²) in [7, 11) is 0. The molecule has 0 aliphatic heterocycles. The Kier molecular flexibility index (Phi) is 5.93. The van der Waals surface area contributed by atoms with Crippen molar-refractivity contribution in [2.24, 2.45) is 5.16 Å². The van der Waals surface area contributed by atoms with Crippen LogP contribution in [0.15, 0.2) is 5.16 Å². The zero-order valence-electron chi connectivity index (χ0n) is 8.41. The summed E-state index contributed by atoms with van der Waals surface area (Å²) >= 11 is 0. The molecule has 4 nitrogen and oxygen atoms in total. The number of rotatable bonds is 5. The zero-order valence-corrected chi connectivity index (χ0v) is 8.41. The van der Waals surface area contributed by atoms with Crippen LogP contribution in [-0.2, 0) is 9.53 Å². The third-order valence-corrected chi connectivity index (χ3v) is 1.69. The third kappa shape index (κ3) is 7.31. The summed E-state index contributed by atoms with van der Waals surface area (Å²) in [4.78, 5) is 10.5. The maximum absolute atomic E-state index is 10.5. The van der Waals surface area contributed by atoms with E-state index in [1.165, 1.54) is 6.92 Å². The minimum absolute atomic E-state index is 0.0519. The number of hydrogen-bond acceptors (Lipinski definition) is 4. The van der Waals surface area contributed by atoms with Crippen molar-refractivity contribution < 1.29 is 14.7 Å². The Hall–Kier alpha value is -1.06. The molecule has 0 aliphatic carbocycles. The molecule has 0 aromatic heterocycles. The molecule has 0 spiro atoms. The van der Waals surface area contributed by atoms with Crippen molar-refractivity contribution in [3.05, 3.63) is 0 Å². The number of esters is 1. The first-order valence-electron chi connectivity index (χ1n) is 4.41. The highest BCUT2D eigenvalue weighted by atomic mass is 16.5. The van der Waals surface area contributed by atoms with Crippen molar-refractivity contribution in [2.45, 2.75) is 46.1 Å². The molecular weight excluding hydrogens is 170 g/mol. The van der Waals surface area contributed by atoms with Crippen molar-refractivity contribution in [3.8, 4) is 0 Å². The molecule has 0 bridgehead atoms. The fourth-order valence-electron chi connectivity index (χ4n) is 1.04. The predicted molar refractivity (Wildman–Crippen MR) is 50.0 cm³/mol. The summed E-state index contributed by atoms with van der Waals surface area (Å²) in [5.41, 5.74) is 0.704. The van der Waals surface area contributed by atoms with Crippen LogP contribution in [0.5, 0.6) is 0 Å². The van der Waals surface area contributed by atoms with E-state index in [4.69, 9.17) is 9.94 Å². The molecule has 1 N–H and O–H groups in total. The van der Waals surface area contributed by atoms with E-state index in [-0.39, 0.29) is 12.1 Å². The molecule has 76 valence electrons. The van der Waals surface area contributed by atoms with Gasteiger partial charge in [-0.25, -0.2) is 0 Å². The Balaban J connectivity index is 3.47. The quantitative estimate of drug-likeness (QED) is 0.310. The molecule has 0 amide bonds. The summed E-state index contributed by atoms with van der Waals surface area (Å²) in [6.07, 6.45) is 2.35. The third-order valence-electron chi connectivity index (χ3n) is 1.69. The number of hydrogen-bond donors (Lipinski definition) is 1. The van der Waals surface area contributed by atoms with E-state index in [1.54, 1.807) is 6.92 Å². The van der Waals surface area contributed by atoms with E-state index in [2.05, 4.69) is 5.16 Å². The highest BCUT2D eigenvalue weighted by molar-refractivity contribution is 5.81. The molecule has 0 rings (SSSR count). The van der Waals surface area contributed by atoms with Gasteiger partial charge in [0.1, 0.15) is 0 Å². The zero-order chi connectivity index (χ0) is 10.3. The highest BCUT2D eigenvalue weighted by Crippen LogP contribution is 2.05. The van der Waals surface area contributed by atoms with Crippen LogP contribution in [0.2, 0.25) is 0 Å². The largest absolute Gasteiger partial charge is 0.463 e. The predicted octanol–water partition coefficient (Wildman–Crippen LogP) is 1.96. The van der Waals surface area contributed by atoms with Crippen molar-refractivity contribution in [3.63, 3.8) is 0 Å². The average Bonchev–Trinajstić information content (AvgIpc) is 2.02. The molecular formula is C9H17NO3. The van der Waals surface area contributed by atoms with Gasteiger partial charge in [-0.15, -0.1) is 0 Å². The standard InChI is InChI=1S/C9H17NO3/c1-7(10-12)5-4-6-8(2)13-9(3)11/h8,12H,4-6H2,1-3H3/b10-7-. The first-order valence-corrected chi connectivity index (χ1v) is 4.41. The lowest BCUT2D eigenvalue weighted by atomic mass is 10.1. The van der Waals surface area contributed by atoms with Crippen molar-refractivity contribution in [2.75, 3.05) is 0 Å². The Labute approximate surface area is 78.6 Å². The van der Waals surface area contributed by atoms with Gasteiger partial charge >= 0.3 is 5.97 Å². The van der Waals surface area contributed by atoms with Gasteiger partial charge in [0.2, 0.25) is 0 Å². The van der Waals surface area contributed by atoms with Crippen LogP contribution in [0.25, 0.3) is 0 Å². The van der Waals surface area contributed by atoms with E-state index in [1.807, 2.05) is 6.92 Å². The van der Waals surface area contributed by atoms with Gasteiger partial charge in [0.05, 0.1) is 11.8 Å². The fourth-order valence-corrected chi connectivity index (χ4v) is 1.04. The summed E-state index contributed by atoms with van der Waals surface area (Å²) in [6, 6.07) is 0. The first kappa shape index (κ1) is 11.9. The van der Waals surface area contributed by atoms with Crippen LogP contribution in [0.4, 0.5) is 0 Å². The van der Waals surface area contributed by atoms with Gasteiger partial charge in [-0.3, -0.25) is 4.79 Å². The Morgan fingerprint density at radius 2 is 2.15 bits per heavy atom. The Bertz CT molecular complexity index is 189. The SMILES string of the molecule is CC(=O)OC(C)CCC/C(C)=N\O.